The molecule has 0 bridgehead atoms. The fraction of sp³-hybridized carbons (Fsp3) is 0.750. The van der Waals surface area contributed by atoms with E-state index in [1.807, 2.05) is 12.1 Å². The highest BCUT2D eigenvalue weighted by Crippen LogP contribution is 2.21. The van der Waals surface area contributed by atoms with Crippen LogP contribution in [0.5, 0.6) is 0 Å². The Labute approximate surface area is 124 Å². The number of hydrogen-bond acceptors (Lipinski definition) is 5. The molecule has 116 valence electrons. The standard InChI is InChI=1S/C12H18N4O4S/c13-5-2-8-15(9-3-6-14)21(19,20)16-7-1-4-11(10-16)12(17)18/h11H,1-4,7-10H2,(H,17,18). The van der Waals surface area contributed by atoms with Crippen LogP contribution >= 0.6 is 0 Å². The van der Waals surface area contributed by atoms with Crippen molar-refractivity contribution < 1.29 is 18.3 Å². The van der Waals surface area contributed by atoms with E-state index in [9.17, 15) is 13.2 Å². The van der Waals surface area contributed by atoms with Crippen molar-refractivity contribution in [1.29, 1.82) is 10.5 Å². The minimum atomic E-state index is -3.83. The molecular weight excluding hydrogens is 296 g/mol. The first-order valence-corrected chi connectivity index (χ1v) is 8.05. The molecule has 1 atom stereocenters. The SMILES string of the molecule is N#CCCN(CCC#N)S(=O)(=O)N1CCCC(C(=O)O)C1. The Morgan fingerprint density at radius 1 is 1.29 bits per heavy atom. The molecule has 0 radical (unpaired) electrons. The number of nitriles is 2. The van der Waals surface area contributed by atoms with Gasteiger partial charge in [-0.15, -0.1) is 0 Å². The molecule has 1 unspecified atom stereocenters. The van der Waals surface area contributed by atoms with Crippen molar-refractivity contribution in [2.45, 2.75) is 25.7 Å². The number of carbonyl (C=O) groups is 1. The lowest BCUT2D eigenvalue weighted by Crippen LogP contribution is -2.49. The average molecular weight is 314 g/mol. The second-order valence-corrected chi connectivity index (χ2v) is 6.69. The van der Waals surface area contributed by atoms with Crippen LogP contribution in [0.2, 0.25) is 0 Å². The first kappa shape index (κ1) is 17.4. The summed E-state index contributed by atoms with van der Waals surface area (Å²) in [6, 6.07) is 3.75. The fourth-order valence-electron chi connectivity index (χ4n) is 2.21. The molecule has 1 fully saturated rings. The molecule has 1 aliphatic heterocycles. The molecule has 0 amide bonds. The first-order chi connectivity index (χ1) is 9.93. The predicted molar refractivity (Wildman–Crippen MR) is 72.9 cm³/mol. The first-order valence-electron chi connectivity index (χ1n) is 6.65. The number of aliphatic carboxylic acids is 1. The van der Waals surface area contributed by atoms with Crippen LogP contribution in [0.1, 0.15) is 25.7 Å². The van der Waals surface area contributed by atoms with E-state index in [4.69, 9.17) is 15.6 Å². The third kappa shape index (κ3) is 4.67. The van der Waals surface area contributed by atoms with Gasteiger partial charge in [-0.05, 0) is 12.8 Å². The number of nitrogens with zero attached hydrogens (tertiary/aromatic N) is 4. The van der Waals surface area contributed by atoms with Gasteiger partial charge >= 0.3 is 5.97 Å². The summed E-state index contributed by atoms with van der Waals surface area (Å²) in [4.78, 5) is 11.0. The highest BCUT2D eigenvalue weighted by Gasteiger charge is 2.35. The maximum atomic E-state index is 12.5. The van der Waals surface area contributed by atoms with Gasteiger partial charge in [0.1, 0.15) is 0 Å². The topological polar surface area (TPSA) is 126 Å². The lowest BCUT2D eigenvalue weighted by Gasteiger charge is -2.33. The van der Waals surface area contributed by atoms with E-state index in [0.29, 0.717) is 12.8 Å². The Morgan fingerprint density at radius 3 is 2.33 bits per heavy atom. The summed E-state index contributed by atoms with van der Waals surface area (Å²) in [6.45, 7) is 0.221. The van der Waals surface area contributed by atoms with Crippen LogP contribution < -0.4 is 0 Å². The summed E-state index contributed by atoms with van der Waals surface area (Å²) in [5.74, 6) is -1.71. The van der Waals surface area contributed by atoms with E-state index in [0.717, 1.165) is 8.61 Å². The van der Waals surface area contributed by atoms with E-state index in [2.05, 4.69) is 0 Å². The number of piperidine rings is 1. The van der Waals surface area contributed by atoms with Crippen molar-refractivity contribution in [1.82, 2.24) is 8.61 Å². The zero-order chi connectivity index (χ0) is 15.9. The highest BCUT2D eigenvalue weighted by atomic mass is 32.2. The number of hydrogen-bond donors (Lipinski definition) is 1. The largest absolute Gasteiger partial charge is 0.481 e. The van der Waals surface area contributed by atoms with Crippen LogP contribution in [0.25, 0.3) is 0 Å². The number of carboxylic acids is 1. The van der Waals surface area contributed by atoms with Gasteiger partial charge in [0.05, 0.1) is 18.1 Å². The Morgan fingerprint density at radius 2 is 1.86 bits per heavy atom. The molecule has 21 heavy (non-hydrogen) atoms. The van der Waals surface area contributed by atoms with E-state index in [1.54, 1.807) is 0 Å². The van der Waals surface area contributed by atoms with E-state index < -0.39 is 22.1 Å². The second kappa shape index (κ2) is 7.93. The summed E-state index contributed by atoms with van der Waals surface area (Å²) >= 11 is 0. The van der Waals surface area contributed by atoms with Gasteiger partial charge < -0.3 is 5.11 Å². The molecule has 1 rings (SSSR count). The molecule has 0 aromatic heterocycles. The van der Waals surface area contributed by atoms with Crippen molar-refractivity contribution in [3.63, 3.8) is 0 Å². The third-order valence-electron chi connectivity index (χ3n) is 3.33. The molecule has 9 heteroatoms. The molecule has 0 saturated carbocycles. The quantitative estimate of drug-likeness (QED) is 0.713. The maximum Gasteiger partial charge on any atom is 0.307 e. The molecule has 1 N–H and O–H groups in total. The third-order valence-corrected chi connectivity index (χ3v) is 5.33. The van der Waals surface area contributed by atoms with Crippen LogP contribution in [0.3, 0.4) is 0 Å². The van der Waals surface area contributed by atoms with E-state index in [1.165, 1.54) is 0 Å². The predicted octanol–water partition coefficient (Wildman–Crippen LogP) is 0.157. The van der Waals surface area contributed by atoms with Crippen LogP contribution in [0.4, 0.5) is 0 Å². The maximum absolute atomic E-state index is 12.5. The molecule has 1 saturated heterocycles. The van der Waals surface area contributed by atoms with Crippen molar-refractivity contribution in [3.8, 4) is 12.1 Å². The van der Waals surface area contributed by atoms with Gasteiger partial charge in [0, 0.05) is 39.0 Å². The highest BCUT2D eigenvalue weighted by molar-refractivity contribution is 7.86. The van der Waals surface area contributed by atoms with Gasteiger partial charge in [0.15, 0.2) is 0 Å². The zero-order valence-corrected chi connectivity index (χ0v) is 12.4. The van der Waals surface area contributed by atoms with Gasteiger partial charge in [0.25, 0.3) is 10.2 Å². The summed E-state index contributed by atoms with van der Waals surface area (Å²) in [7, 11) is -3.83. The fourth-order valence-corrected chi connectivity index (χ4v) is 3.91. The normalized spacial score (nSPS) is 19.9. The summed E-state index contributed by atoms with van der Waals surface area (Å²) in [5.41, 5.74) is 0. The molecule has 0 aliphatic carbocycles. The van der Waals surface area contributed by atoms with Crippen LogP contribution in [-0.4, -0.2) is 54.3 Å². The Hall–Kier alpha value is -1.68. The molecule has 1 heterocycles. The average Bonchev–Trinajstić information content (AvgIpc) is 2.47. The molecule has 0 aromatic carbocycles. The van der Waals surface area contributed by atoms with Gasteiger partial charge in [0.2, 0.25) is 0 Å². The second-order valence-electron chi connectivity index (χ2n) is 4.76. The van der Waals surface area contributed by atoms with Crippen molar-refractivity contribution in [3.05, 3.63) is 0 Å². The lowest BCUT2D eigenvalue weighted by molar-refractivity contribution is -0.142. The molecule has 8 nitrogen and oxygen atoms in total. The lowest BCUT2D eigenvalue weighted by atomic mass is 10.0. The Bertz CT molecular complexity index is 531. The van der Waals surface area contributed by atoms with E-state index >= 15 is 0 Å². The number of rotatable bonds is 7. The van der Waals surface area contributed by atoms with Crippen LogP contribution in [-0.2, 0) is 15.0 Å². The summed E-state index contributed by atoms with van der Waals surface area (Å²) < 4.78 is 27.2. The monoisotopic (exact) mass is 314 g/mol. The Balaban J connectivity index is 2.86. The molecule has 0 aromatic rings. The van der Waals surface area contributed by atoms with Gasteiger partial charge in [-0.1, -0.05) is 0 Å². The summed E-state index contributed by atoms with van der Waals surface area (Å²) in [6.07, 6.45) is 1.000. The molecule has 1 aliphatic rings. The number of carboxylic acid groups (broad SMARTS) is 1. The van der Waals surface area contributed by atoms with E-state index in [-0.39, 0.29) is 39.0 Å². The van der Waals surface area contributed by atoms with Crippen molar-refractivity contribution in [2.75, 3.05) is 26.2 Å². The van der Waals surface area contributed by atoms with Gasteiger partial charge in [-0.2, -0.15) is 27.6 Å². The minimum Gasteiger partial charge on any atom is -0.481 e. The van der Waals surface area contributed by atoms with Gasteiger partial charge in [-0.3, -0.25) is 4.79 Å². The van der Waals surface area contributed by atoms with Crippen LogP contribution in [0, 0.1) is 28.6 Å². The zero-order valence-electron chi connectivity index (χ0n) is 11.6. The van der Waals surface area contributed by atoms with Crippen molar-refractivity contribution in [2.24, 2.45) is 5.92 Å². The molecular formula is C12H18N4O4S. The smallest absolute Gasteiger partial charge is 0.307 e. The Kier molecular flexibility index (Phi) is 6.56. The summed E-state index contributed by atoms with van der Waals surface area (Å²) in [5, 5.41) is 26.2. The van der Waals surface area contributed by atoms with Gasteiger partial charge in [-0.25, -0.2) is 0 Å². The van der Waals surface area contributed by atoms with Crippen LogP contribution in [0.15, 0.2) is 0 Å². The minimum absolute atomic E-state index is 0.00868. The van der Waals surface area contributed by atoms with Crippen molar-refractivity contribution >= 4 is 16.2 Å². The molecule has 0 spiro atoms.